The molecule has 0 spiro atoms. The highest BCUT2D eigenvalue weighted by Gasteiger charge is 2.18. The Hall–Kier alpha value is -4.89. The molecule has 0 radical (unpaired) electrons. The molecule has 4 aromatic carbocycles. The van der Waals surface area contributed by atoms with Crippen molar-refractivity contribution in [2.24, 2.45) is 0 Å². The smallest absolute Gasteiger partial charge is 0.272 e. The number of anilines is 2. The zero-order chi connectivity index (χ0) is 29.9. The molecule has 0 fully saturated rings. The molecule has 3 N–H and O–H groups in total. The van der Waals surface area contributed by atoms with E-state index in [4.69, 9.17) is 4.74 Å². The zero-order valence-electron chi connectivity index (χ0n) is 23.1. The van der Waals surface area contributed by atoms with Crippen LogP contribution in [-0.4, -0.2) is 29.6 Å². The van der Waals surface area contributed by atoms with Crippen molar-refractivity contribution >= 4 is 46.9 Å². The first kappa shape index (κ1) is 30.1. The van der Waals surface area contributed by atoms with Gasteiger partial charge in [-0.2, -0.15) is 0 Å². The normalized spacial score (nSPS) is 11.7. The molecule has 0 bridgehead atoms. The summed E-state index contributed by atoms with van der Waals surface area (Å²) in [5, 5.41) is 7.64. The average molecular weight is 584 g/mol. The van der Waals surface area contributed by atoms with E-state index in [1.165, 1.54) is 23.9 Å². The minimum Gasteiger partial charge on any atom is -0.493 e. The molecular formula is C33H30FN3O4S. The number of para-hydroxylation sites is 2. The molecule has 214 valence electrons. The first-order chi connectivity index (χ1) is 20.3. The monoisotopic (exact) mass is 583 g/mol. The molecule has 0 saturated carbocycles. The van der Waals surface area contributed by atoms with Crippen LogP contribution in [0.5, 0.6) is 5.75 Å². The highest BCUT2D eigenvalue weighted by Crippen LogP contribution is 2.27. The van der Waals surface area contributed by atoms with E-state index in [9.17, 15) is 18.8 Å². The standard InChI is InChI=1S/C33H30FN3O4S/c1-3-41-30-16-10-7-13-24(30)21-29(37-32(39)23-11-5-4-6-12-23)33(40)35-25-17-19-26(20-18-25)42-22(2)31(38)36-28-15-9-8-14-27(28)34/h4-22H,3H2,1-2H3,(H,35,40)(H,36,38)(H,37,39)/b29-21-. The van der Waals surface area contributed by atoms with Crippen LogP contribution in [0.4, 0.5) is 15.8 Å². The highest BCUT2D eigenvalue weighted by atomic mass is 32.2. The van der Waals surface area contributed by atoms with Crippen molar-refractivity contribution in [2.45, 2.75) is 24.0 Å². The Kier molecular flexibility index (Phi) is 10.5. The molecule has 4 rings (SSSR count). The Balaban J connectivity index is 1.47. The van der Waals surface area contributed by atoms with Gasteiger partial charge in [0.05, 0.1) is 17.5 Å². The molecule has 0 aromatic heterocycles. The van der Waals surface area contributed by atoms with E-state index < -0.39 is 22.9 Å². The van der Waals surface area contributed by atoms with Gasteiger partial charge in [0.15, 0.2) is 0 Å². The lowest BCUT2D eigenvalue weighted by Crippen LogP contribution is -2.30. The topological polar surface area (TPSA) is 96.5 Å². The number of halogens is 1. The van der Waals surface area contributed by atoms with E-state index in [2.05, 4.69) is 16.0 Å². The Morgan fingerprint density at radius 3 is 2.24 bits per heavy atom. The summed E-state index contributed by atoms with van der Waals surface area (Å²) in [5.41, 5.74) is 1.69. The fourth-order valence-corrected chi connectivity index (χ4v) is 4.72. The van der Waals surface area contributed by atoms with Crippen LogP contribution in [0, 0.1) is 5.82 Å². The van der Waals surface area contributed by atoms with Gasteiger partial charge in [0.1, 0.15) is 17.3 Å². The Bertz CT molecular complexity index is 1580. The number of nitrogens with one attached hydrogen (secondary N) is 3. The number of thioether (sulfide) groups is 1. The second-order valence-corrected chi connectivity index (χ2v) is 10.5. The van der Waals surface area contributed by atoms with Gasteiger partial charge in [0.2, 0.25) is 5.91 Å². The fourth-order valence-electron chi connectivity index (χ4n) is 3.85. The van der Waals surface area contributed by atoms with E-state index in [-0.39, 0.29) is 17.3 Å². The average Bonchev–Trinajstić information content (AvgIpc) is 3.00. The van der Waals surface area contributed by atoms with Crippen LogP contribution in [0.15, 0.2) is 114 Å². The summed E-state index contributed by atoms with van der Waals surface area (Å²) in [6.45, 7) is 4.03. The number of ether oxygens (including phenoxy) is 1. The van der Waals surface area contributed by atoms with Crippen LogP contribution >= 0.6 is 11.8 Å². The van der Waals surface area contributed by atoms with Gasteiger partial charge < -0.3 is 20.7 Å². The van der Waals surface area contributed by atoms with Crippen molar-refractivity contribution in [1.29, 1.82) is 0 Å². The zero-order valence-corrected chi connectivity index (χ0v) is 23.9. The van der Waals surface area contributed by atoms with Gasteiger partial charge in [0.25, 0.3) is 11.8 Å². The van der Waals surface area contributed by atoms with Crippen LogP contribution in [0.2, 0.25) is 0 Å². The minimum atomic E-state index is -0.524. The molecule has 1 unspecified atom stereocenters. The molecule has 7 nitrogen and oxygen atoms in total. The number of carbonyl (C=O) groups excluding carboxylic acids is 3. The SMILES string of the molecule is CCOc1ccccc1/C=C(\NC(=O)c1ccccc1)C(=O)Nc1ccc(SC(C)C(=O)Nc2ccccc2F)cc1. The quantitative estimate of drug-likeness (QED) is 0.134. The van der Waals surface area contributed by atoms with E-state index in [1.807, 2.05) is 19.1 Å². The second kappa shape index (κ2) is 14.7. The predicted molar refractivity (Wildman–Crippen MR) is 165 cm³/mol. The molecular weight excluding hydrogens is 553 g/mol. The van der Waals surface area contributed by atoms with Gasteiger partial charge in [0, 0.05) is 21.7 Å². The molecule has 1 atom stereocenters. The molecule has 9 heteroatoms. The summed E-state index contributed by atoms with van der Waals surface area (Å²) in [4.78, 5) is 39.6. The second-order valence-electron chi connectivity index (χ2n) is 9.06. The highest BCUT2D eigenvalue weighted by molar-refractivity contribution is 8.00. The third kappa shape index (κ3) is 8.31. The van der Waals surface area contributed by atoms with Crippen LogP contribution in [-0.2, 0) is 9.59 Å². The summed E-state index contributed by atoms with van der Waals surface area (Å²) in [6, 6.07) is 28.8. The third-order valence-corrected chi connectivity index (χ3v) is 7.09. The van der Waals surface area contributed by atoms with E-state index in [0.29, 0.717) is 29.2 Å². The lowest BCUT2D eigenvalue weighted by molar-refractivity contribution is -0.115. The fraction of sp³-hybridized carbons (Fsp3) is 0.121. The van der Waals surface area contributed by atoms with Crippen molar-refractivity contribution in [3.63, 3.8) is 0 Å². The lowest BCUT2D eigenvalue weighted by atomic mass is 10.1. The van der Waals surface area contributed by atoms with Gasteiger partial charge in [-0.1, -0.05) is 48.5 Å². The van der Waals surface area contributed by atoms with Gasteiger partial charge in [-0.15, -0.1) is 11.8 Å². The largest absolute Gasteiger partial charge is 0.493 e. The molecule has 4 aromatic rings. The van der Waals surface area contributed by atoms with Crippen molar-refractivity contribution in [2.75, 3.05) is 17.2 Å². The van der Waals surface area contributed by atoms with Crippen molar-refractivity contribution in [3.05, 3.63) is 126 Å². The maximum absolute atomic E-state index is 13.9. The molecule has 0 aliphatic carbocycles. The van der Waals surface area contributed by atoms with Gasteiger partial charge in [-0.3, -0.25) is 14.4 Å². The van der Waals surface area contributed by atoms with E-state index in [1.54, 1.807) is 91.9 Å². The van der Waals surface area contributed by atoms with E-state index >= 15 is 0 Å². The Morgan fingerprint density at radius 2 is 1.52 bits per heavy atom. The van der Waals surface area contributed by atoms with Crippen LogP contribution in [0.25, 0.3) is 6.08 Å². The third-order valence-electron chi connectivity index (χ3n) is 5.97. The summed E-state index contributed by atoms with van der Waals surface area (Å²) in [6.07, 6.45) is 1.57. The molecule has 42 heavy (non-hydrogen) atoms. The number of amides is 3. The first-order valence-corrected chi connectivity index (χ1v) is 14.2. The lowest BCUT2D eigenvalue weighted by Gasteiger charge is -2.14. The summed E-state index contributed by atoms with van der Waals surface area (Å²) in [5.74, 6) is -1.21. The molecule has 0 saturated heterocycles. The number of rotatable bonds is 11. The minimum absolute atomic E-state index is 0.0351. The molecule has 0 aliphatic heterocycles. The van der Waals surface area contributed by atoms with E-state index in [0.717, 1.165) is 4.90 Å². The summed E-state index contributed by atoms with van der Waals surface area (Å²) < 4.78 is 19.6. The molecule has 3 amide bonds. The molecule has 0 heterocycles. The maximum Gasteiger partial charge on any atom is 0.272 e. The van der Waals surface area contributed by atoms with Crippen molar-refractivity contribution in [3.8, 4) is 5.75 Å². The Labute approximate surface area is 248 Å². The van der Waals surface area contributed by atoms with Gasteiger partial charge >= 0.3 is 0 Å². The van der Waals surface area contributed by atoms with Crippen LogP contribution in [0.3, 0.4) is 0 Å². The predicted octanol–water partition coefficient (Wildman–Crippen LogP) is 6.75. The number of hydrogen-bond donors (Lipinski definition) is 3. The van der Waals surface area contributed by atoms with Gasteiger partial charge in [-0.25, -0.2) is 4.39 Å². The van der Waals surface area contributed by atoms with Gasteiger partial charge in [-0.05, 0) is 74.5 Å². The number of hydrogen-bond acceptors (Lipinski definition) is 5. The van der Waals surface area contributed by atoms with Crippen LogP contribution in [0.1, 0.15) is 29.8 Å². The Morgan fingerprint density at radius 1 is 0.857 bits per heavy atom. The molecule has 0 aliphatic rings. The number of benzene rings is 4. The first-order valence-electron chi connectivity index (χ1n) is 13.3. The van der Waals surface area contributed by atoms with Crippen molar-refractivity contribution in [1.82, 2.24) is 5.32 Å². The summed E-state index contributed by atoms with van der Waals surface area (Å²) in [7, 11) is 0. The maximum atomic E-state index is 13.9. The van der Waals surface area contributed by atoms with Crippen LogP contribution < -0.4 is 20.7 Å². The number of carbonyl (C=O) groups is 3. The van der Waals surface area contributed by atoms with Crippen molar-refractivity contribution < 1.29 is 23.5 Å². The summed E-state index contributed by atoms with van der Waals surface area (Å²) >= 11 is 1.30.